The van der Waals surface area contributed by atoms with Crippen molar-refractivity contribution in [3.63, 3.8) is 0 Å². The first-order chi connectivity index (χ1) is 13.1. The van der Waals surface area contributed by atoms with E-state index in [0.717, 1.165) is 42.9 Å². The fraction of sp³-hybridized carbons (Fsp3) is 0.304. The van der Waals surface area contributed by atoms with Crippen LogP contribution in [0.1, 0.15) is 49.9 Å². The summed E-state index contributed by atoms with van der Waals surface area (Å²) in [6.45, 7) is 7.53. The maximum atomic E-state index is 12.3. The highest BCUT2D eigenvalue weighted by molar-refractivity contribution is 5.90. The standard InChI is InChI=1S/C23H26O4/c1-4-7-8-20(5-2)27-23(25)19-11-9-17(10-12-19)18-13-15-21(16-14-18)26-22(24)6-3/h6,9-16,20H,3-5,7-8H2,1-2H3. The number of hydrogen-bond acceptors (Lipinski definition) is 4. The Labute approximate surface area is 160 Å². The summed E-state index contributed by atoms with van der Waals surface area (Å²) in [7, 11) is 0. The van der Waals surface area contributed by atoms with E-state index in [9.17, 15) is 9.59 Å². The van der Waals surface area contributed by atoms with Gasteiger partial charge in [-0.1, -0.05) is 57.5 Å². The Morgan fingerprint density at radius 3 is 2.11 bits per heavy atom. The smallest absolute Gasteiger partial charge is 0.338 e. The Morgan fingerprint density at radius 2 is 1.59 bits per heavy atom. The molecule has 0 saturated heterocycles. The minimum absolute atomic E-state index is 0.0250. The molecular weight excluding hydrogens is 340 g/mol. The lowest BCUT2D eigenvalue weighted by molar-refractivity contribution is -0.128. The predicted octanol–water partition coefficient (Wildman–Crippen LogP) is 5.57. The van der Waals surface area contributed by atoms with Crippen LogP contribution < -0.4 is 4.74 Å². The molecule has 0 spiro atoms. The van der Waals surface area contributed by atoms with E-state index >= 15 is 0 Å². The first-order valence-corrected chi connectivity index (χ1v) is 9.33. The van der Waals surface area contributed by atoms with Gasteiger partial charge in [0.1, 0.15) is 11.9 Å². The third kappa shape index (κ3) is 6.10. The van der Waals surface area contributed by atoms with Crippen LogP contribution >= 0.6 is 0 Å². The number of ether oxygens (including phenoxy) is 2. The van der Waals surface area contributed by atoms with Crippen molar-refractivity contribution in [1.82, 2.24) is 0 Å². The average Bonchev–Trinajstić information content (AvgIpc) is 2.71. The van der Waals surface area contributed by atoms with Gasteiger partial charge in [-0.25, -0.2) is 9.59 Å². The summed E-state index contributed by atoms with van der Waals surface area (Å²) in [5.74, 6) is -0.312. The van der Waals surface area contributed by atoms with E-state index in [4.69, 9.17) is 9.47 Å². The number of esters is 2. The summed E-state index contributed by atoms with van der Waals surface area (Å²) >= 11 is 0. The molecule has 2 aromatic rings. The summed E-state index contributed by atoms with van der Waals surface area (Å²) in [5, 5.41) is 0. The van der Waals surface area contributed by atoms with Gasteiger partial charge in [-0.15, -0.1) is 0 Å². The summed E-state index contributed by atoms with van der Waals surface area (Å²) in [4.78, 5) is 23.5. The Kier molecular flexibility index (Phi) is 7.80. The molecule has 0 radical (unpaired) electrons. The highest BCUT2D eigenvalue weighted by atomic mass is 16.5. The maximum Gasteiger partial charge on any atom is 0.338 e. The molecule has 0 bridgehead atoms. The molecule has 0 N–H and O–H groups in total. The summed E-state index contributed by atoms with van der Waals surface area (Å²) in [5.41, 5.74) is 2.47. The Morgan fingerprint density at radius 1 is 1.00 bits per heavy atom. The lowest BCUT2D eigenvalue weighted by Crippen LogP contribution is -2.17. The molecule has 0 aliphatic rings. The van der Waals surface area contributed by atoms with Gasteiger partial charge in [0, 0.05) is 6.08 Å². The lowest BCUT2D eigenvalue weighted by atomic mass is 10.0. The van der Waals surface area contributed by atoms with E-state index < -0.39 is 5.97 Å². The van der Waals surface area contributed by atoms with E-state index in [0.29, 0.717) is 11.3 Å². The van der Waals surface area contributed by atoms with Crippen LogP contribution in [-0.4, -0.2) is 18.0 Å². The molecule has 1 unspecified atom stereocenters. The second-order valence-electron chi connectivity index (χ2n) is 6.30. The molecule has 1 atom stereocenters. The quantitative estimate of drug-likeness (QED) is 0.331. The van der Waals surface area contributed by atoms with Crippen LogP contribution in [0.2, 0.25) is 0 Å². The van der Waals surface area contributed by atoms with Crippen molar-refractivity contribution < 1.29 is 19.1 Å². The number of carbonyl (C=O) groups excluding carboxylic acids is 2. The third-order valence-corrected chi connectivity index (χ3v) is 4.30. The molecule has 0 saturated carbocycles. The monoisotopic (exact) mass is 366 g/mol. The largest absolute Gasteiger partial charge is 0.459 e. The van der Waals surface area contributed by atoms with Crippen molar-refractivity contribution >= 4 is 11.9 Å². The van der Waals surface area contributed by atoms with Crippen molar-refractivity contribution in [3.05, 3.63) is 66.7 Å². The molecule has 142 valence electrons. The SMILES string of the molecule is C=CC(=O)Oc1ccc(-c2ccc(C(=O)OC(CC)CCCC)cc2)cc1. The fourth-order valence-electron chi connectivity index (χ4n) is 2.67. The van der Waals surface area contributed by atoms with Gasteiger partial charge in [-0.2, -0.15) is 0 Å². The number of rotatable bonds is 9. The molecule has 0 aliphatic carbocycles. The third-order valence-electron chi connectivity index (χ3n) is 4.30. The van der Waals surface area contributed by atoms with Crippen LogP contribution in [0.25, 0.3) is 11.1 Å². The minimum atomic E-state index is -0.491. The molecule has 4 heteroatoms. The van der Waals surface area contributed by atoms with Gasteiger partial charge >= 0.3 is 11.9 Å². The topological polar surface area (TPSA) is 52.6 Å². The number of hydrogen-bond donors (Lipinski definition) is 0. The first kappa shape index (κ1) is 20.4. The second kappa shape index (κ2) is 10.3. The van der Waals surface area contributed by atoms with E-state index in [2.05, 4.69) is 13.5 Å². The molecular formula is C23H26O4. The van der Waals surface area contributed by atoms with Crippen molar-refractivity contribution in [1.29, 1.82) is 0 Å². The molecule has 27 heavy (non-hydrogen) atoms. The van der Waals surface area contributed by atoms with Gasteiger partial charge in [0.2, 0.25) is 0 Å². The van der Waals surface area contributed by atoms with Gasteiger partial charge in [0.15, 0.2) is 0 Å². The average molecular weight is 366 g/mol. The van der Waals surface area contributed by atoms with Crippen LogP contribution in [0.4, 0.5) is 0 Å². The highest BCUT2D eigenvalue weighted by Crippen LogP contribution is 2.23. The predicted molar refractivity (Wildman–Crippen MR) is 107 cm³/mol. The van der Waals surface area contributed by atoms with Gasteiger partial charge in [0.05, 0.1) is 5.56 Å². The molecule has 0 heterocycles. The van der Waals surface area contributed by atoms with E-state index in [-0.39, 0.29) is 12.1 Å². The van der Waals surface area contributed by atoms with Gasteiger partial charge in [-0.05, 0) is 48.2 Å². The van der Waals surface area contributed by atoms with Crippen LogP contribution in [0.3, 0.4) is 0 Å². The molecule has 0 aliphatic heterocycles. The molecule has 2 rings (SSSR count). The minimum Gasteiger partial charge on any atom is -0.459 e. The van der Waals surface area contributed by atoms with Gasteiger partial charge < -0.3 is 9.47 Å². The van der Waals surface area contributed by atoms with Gasteiger partial charge in [0.25, 0.3) is 0 Å². The summed E-state index contributed by atoms with van der Waals surface area (Å²) in [6.07, 6.45) is 4.98. The van der Waals surface area contributed by atoms with Crippen molar-refractivity contribution in [3.8, 4) is 16.9 Å². The van der Waals surface area contributed by atoms with E-state index in [1.807, 2.05) is 31.2 Å². The summed E-state index contributed by atoms with van der Waals surface area (Å²) < 4.78 is 10.7. The number of unbranched alkanes of at least 4 members (excludes halogenated alkanes) is 1. The molecule has 0 amide bonds. The summed E-state index contributed by atoms with van der Waals surface area (Å²) in [6, 6.07) is 14.5. The van der Waals surface area contributed by atoms with Gasteiger partial charge in [-0.3, -0.25) is 0 Å². The lowest BCUT2D eigenvalue weighted by Gasteiger charge is -2.16. The normalized spacial score (nSPS) is 11.5. The zero-order valence-corrected chi connectivity index (χ0v) is 15.9. The Bertz CT molecular complexity index is 760. The Hall–Kier alpha value is -2.88. The van der Waals surface area contributed by atoms with E-state index in [1.54, 1.807) is 24.3 Å². The fourth-order valence-corrected chi connectivity index (χ4v) is 2.67. The maximum absolute atomic E-state index is 12.3. The van der Waals surface area contributed by atoms with Crippen molar-refractivity contribution in [2.75, 3.05) is 0 Å². The first-order valence-electron chi connectivity index (χ1n) is 9.33. The van der Waals surface area contributed by atoms with Crippen LogP contribution in [0.15, 0.2) is 61.2 Å². The zero-order valence-electron chi connectivity index (χ0n) is 15.9. The van der Waals surface area contributed by atoms with Crippen molar-refractivity contribution in [2.24, 2.45) is 0 Å². The molecule has 4 nitrogen and oxygen atoms in total. The van der Waals surface area contributed by atoms with Crippen LogP contribution in [-0.2, 0) is 9.53 Å². The Balaban J connectivity index is 2.02. The zero-order chi connectivity index (χ0) is 19.6. The van der Waals surface area contributed by atoms with E-state index in [1.165, 1.54) is 0 Å². The number of benzene rings is 2. The molecule has 0 aromatic heterocycles. The molecule has 2 aromatic carbocycles. The molecule has 0 fully saturated rings. The van der Waals surface area contributed by atoms with Crippen molar-refractivity contribution in [2.45, 2.75) is 45.6 Å². The second-order valence-corrected chi connectivity index (χ2v) is 6.30. The van der Waals surface area contributed by atoms with Crippen LogP contribution in [0, 0.1) is 0 Å². The number of carbonyl (C=O) groups is 2. The highest BCUT2D eigenvalue weighted by Gasteiger charge is 2.14. The van der Waals surface area contributed by atoms with Crippen LogP contribution in [0.5, 0.6) is 5.75 Å².